The van der Waals surface area contributed by atoms with Crippen molar-refractivity contribution in [1.82, 2.24) is 14.7 Å². The molecule has 20 atom stereocenters. The largest absolute Gasteiger partial charge is 0.368 e. The first-order valence-corrected chi connectivity index (χ1v) is 29.8. The third-order valence-electron chi connectivity index (χ3n) is 22.4. The fourth-order valence-electron chi connectivity index (χ4n) is 19.1. The van der Waals surface area contributed by atoms with Gasteiger partial charge in [-0.1, -0.05) is 134 Å². The number of allylic oxidation sites excluding steroid dienone is 18. The summed E-state index contributed by atoms with van der Waals surface area (Å²) >= 11 is 0. The van der Waals surface area contributed by atoms with Gasteiger partial charge in [-0.2, -0.15) is 0 Å². The Morgan fingerprint density at radius 2 is 1.17 bits per heavy atom. The van der Waals surface area contributed by atoms with Crippen molar-refractivity contribution in [1.29, 1.82) is 0 Å². The van der Waals surface area contributed by atoms with E-state index >= 15 is 0 Å². The number of likely N-dealkylation sites (tertiary alicyclic amines) is 2. The fourth-order valence-corrected chi connectivity index (χ4v) is 19.1. The zero-order chi connectivity index (χ0) is 47.2. The smallest absolute Gasteiger partial charge is 0.104 e. The molecule has 0 spiro atoms. The maximum Gasteiger partial charge on any atom is 0.104 e. The van der Waals surface area contributed by atoms with Crippen molar-refractivity contribution in [2.24, 2.45) is 76.4 Å². The van der Waals surface area contributed by atoms with Crippen molar-refractivity contribution < 1.29 is 4.74 Å². The number of rotatable bonds is 6. The van der Waals surface area contributed by atoms with Crippen LogP contribution in [0.4, 0.5) is 0 Å². The van der Waals surface area contributed by atoms with Crippen LogP contribution in [-0.2, 0) is 4.74 Å². The van der Waals surface area contributed by atoms with E-state index < -0.39 is 0 Å². The fraction of sp³-hybridized carbons (Fsp3) is 0.612. The molecule has 4 heteroatoms. The second kappa shape index (κ2) is 18.7. The first-order chi connectivity index (χ1) is 35.0. The van der Waals surface area contributed by atoms with Gasteiger partial charge in [0.15, 0.2) is 0 Å². The van der Waals surface area contributed by atoms with Crippen molar-refractivity contribution >= 4 is 0 Å². The number of nitrogens with zero attached hydrogens (tertiary/aromatic N) is 3. The summed E-state index contributed by atoms with van der Waals surface area (Å²) in [7, 11) is 0. The molecule has 0 aromatic heterocycles. The Morgan fingerprint density at radius 3 is 1.89 bits per heavy atom. The Hall–Kier alpha value is -4.02. The first-order valence-electron chi connectivity index (χ1n) is 29.8. The molecule has 0 aromatic rings. The molecule has 1 saturated carbocycles. The van der Waals surface area contributed by atoms with Crippen molar-refractivity contribution in [3.63, 3.8) is 0 Å². The lowest BCUT2D eigenvalue weighted by Crippen LogP contribution is -2.45. The Morgan fingerprint density at radius 1 is 0.507 bits per heavy atom. The molecule has 374 valence electrons. The van der Waals surface area contributed by atoms with Crippen LogP contribution in [-0.4, -0.2) is 63.7 Å². The summed E-state index contributed by atoms with van der Waals surface area (Å²) in [5.41, 5.74) is 6.51. The zero-order valence-corrected chi connectivity index (χ0v) is 43.4. The van der Waals surface area contributed by atoms with E-state index in [2.05, 4.69) is 162 Å². The standard InChI is InChI=1S/C67H85N3O/c1-44-40-49(37-39-68(50-20-8-4-9-21-50)59-28-14-12-24-52(44)59)48-33-36-63-57(43-48)56-42-47(46-31-34-61-55(41-46)54-25-13-15-29-60(54)69(61)51-22-10-5-11-23-51)32-35-62(56)70(63)64-30-16-27-58-65(64)71-66-53(26-17-38-67(58,66)2)45-18-6-3-7-19-45/h4-6,8,10,14-16,18,20,22,27-36,40,45-49,52-63,65-66H,3,7,9,11-13,17,19,21,23-26,37-39,41-43H2,1-2H3/b44-40+. The molecule has 10 aliphatic carbocycles. The Balaban J connectivity index is 0.789. The minimum Gasteiger partial charge on any atom is -0.368 e. The molecule has 0 aromatic carbocycles. The highest BCUT2D eigenvalue weighted by Gasteiger charge is 2.61. The summed E-state index contributed by atoms with van der Waals surface area (Å²) in [6.45, 7) is 6.31. The number of fused-ring (bicyclic) bond motifs is 10. The molecular formula is C67H85N3O. The summed E-state index contributed by atoms with van der Waals surface area (Å²) in [6, 6.07) is 2.45. The highest BCUT2D eigenvalue weighted by Crippen LogP contribution is 2.61. The normalized spacial score (nSPS) is 47.7. The Labute approximate surface area is 428 Å². The molecule has 14 rings (SSSR count). The number of hydrogen-bond donors (Lipinski definition) is 0. The summed E-state index contributed by atoms with van der Waals surface area (Å²) in [4.78, 5) is 8.75. The predicted molar refractivity (Wildman–Crippen MR) is 291 cm³/mol. The average Bonchev–Trinajstić information content (AvgIpc) is 4.05. The molecule has 0 radical (unpaired) electrons. The van der Waals surface area contributed by atoms with Crippen LogP contribution in [0.5, 0.6) is 0 Å². The topological polar surface area (TPSA) is 19.0 Å². The summed E-state index contributed by atoms with van der Waals surface area (Å²) < 4.78 is 7.74. The lowest BCUT2D eigenvalue weighted by molar-refractivity contribution is -0.0562. The summed E-state index contributed by atoms with van der Waals surface area (Å²) in [6.07, 6.45) is 79.9. The molecule has 14 aliphatic rings. The van der Waals surface area contributed by atoms with Gasteiger partial charge in [-0.15, -0.1) is 0 Å². The van der Waals surface area contributed by atoms with Crippen LogP contribution in [0.15, 0.2) is 156 Å². The molecule has 4 aliphatic heterocycles. The lowest BCUT2D eigenvalue weighted by Gasteiger charge is -2.45. The molecule has 20 unspecified atom stereocenters. The minimum absolute atomic E-state index is 0.152. The summed E-state index contributed by atoms with van der Waals surface area (Å²) in [5, 5.41) is 0. The van der Waals surface area contributed by atoms with Crippen LogP contribution in [0, 0.1) is 76.4 Å². The number of ether oxygens (including phenoxy) is 1. The van der Waals surface area contributed by atoms with Gasteiger partial charge in [-0.05, 0) is 193 Å². The minimum atomic E-state index is 0.152. The van der Waals surface area contributed by atoms with Gasteiger partial charge in [-0.3, -0.25) is 0 Å². The zero-order valence-electron chi connectivity index (χ0n) is 43.4. The van der Waals surface area contributed by atoms with Crippen LogP contribution in [0.1, 0.15) is 129 Å². The molecule has 4 heterocycles. The van der Waals surface area contributed by atoms with E-state index in [1.165, 1.54) is 121 Å². The van der Waals surface area contributed by atoms with Crippen LogP contribution >= 0.6 is 0 Å². The lowest BCUT2D eigenvalue weighted by atomic mass is 9.59. The monoisotopic (exact) mass is 948 g/mol. The van der Waals surface area contributed by atoms with Crippen molar-refractivity contribution in [2.75, 3.05) is 6.54 Å². The SMILES string of the molecule is C/C1=C\C(C2C=CC3C(C2)C2CC(C4C=CC5C(C4)C4CCC=CC4N5C4=CC=CCC4)C=CC2N3C2=CC=CC3C2OC2C(C4C=CCCC4)CCCC32C)CCN(C2=CC=CCC2)C2C=CCCC12. The quantitative estimate of drug-likeness (QED) is 0.247. The van der Waals surface area contributed by atoms with E-state index in [4.69, 9.17) is 4.74 Å². The molecular weight excluding hydrogens is 863 g/mol. The van der Waals surface area contributed by atoms with E-state index in [0.717, 1.165) is 18.4 Å². The highest BCUT2D eigenvalue weighted by atomic mass is 16.5. The van der Waals surface area contributed by atoms with Gasteiger partial charge >= 0.3 is 0 Å². The average molecular weight is 948 g/mol. The van der Waals surface area contributed by atoms with Crippen LogP contribution in [0.2, 0.25) is 0 Å². The molecule has 4 fully saturated rings. The van der Waals surface area contributed by atoms with Gasteiger partial charge < -0.3 is 19.4 Å². The molecule has 0 bridgehead atoms. The van der Waals surface area contributed by atoms with Gasteiger partial charge in [-0.25, -0.2) is 0 Å². The first kappa shape index (κ1) is 45.6. The van der Waals surface area contributed by atoms with E-state index in [1.807, 2.05) is 0 Å². The van der Waals surface area contributed by atoms with E-state index in [-0.39, 0.29) is 11.5 Å². The molecule has 4 nitrogen and oxygen atoms in total. The van der Waals surface area contributed by atoms with E-state index in [1.54, 1.807) is 17.0 Å². The molecule has 3 saturated heterocycles. The second-order valence-electron chi connectivity index (χ2n) is 25.8. The molecule has 71 heavy (non-hydrogen) atoms. The second-order valence-corrected chi connectivity index (χ2v) is 25.8. The summed E-state index contributed by atoms with van der Waals surface area (Å²) in [5.74, 6) is 7.57. The molecule has 0 amide bonds. The van der Waals surface area contributed by atoms with Gasteiger partial charge in [0.25, 0.3) is 0 Å². The third-order valence-corrected chi connectivity index (χ3v) is 22.4. The maximum atomic E-state index is 7.74. The van der Waals surface area contributed by atoms with Crippen molar-refractivity contribution in [2.45, 2.75) is 172 Å². The van der Waals surface area contributed by atoms with E-state index in [9.17, 15) is 0 Å². The van der Waals surface area contributed by atoms with Crippen LogP contribution in [0.25, 0.3) is 0 Å². The van der Waals surface area contributed by atoms with Gasteiger partial charge in [0.1, 0.15) is 6.10 Å². The van der Waals surface area contributed by atoms with Crippen LogP contribution in [0.3, 0.4) is 0 Å². The van der Waals surface area contributed by atoms with Gasteiger partial charge in [0.2, 0.25) is 0 Å². The highest BCUT2D eigenvalue weighted by molar-refractivity contribution is 5.37. The predicted octanol–water partition coefficient (Wildman–Crippen LogP) is 14.7. The number of hydrogen-bond acceptors (Lipinski definition) is 4. The van der Waals surface area contributed by atoms with Gasteiger partial charge in [0.05, 0.1) is 36.3 Å². The van der Waals surface area contributed by atoms with Crippen molar-refractivity contribution in [3.05, 3.63) is 156 Å². The van der Waals surface area contributed by atoms with Gasteiger partial charge in [0, 0.05) is 40.9 Å². The maximum absolute atomic E-state index is 7.74. The van der Waals surface area contributed by atoms with E-state index in [0.29, 0.717) is 95.5 Å². The third kappa shape index (κ3) is 7.73. The Kier molecular flexibility index (Phi) is 12.0. The Bertz CT molecular complexity index is 2470. The molecule has 0 N–H and O–H groups in total. The van der Waals surface area contributed by atoms with Crippen LogP contribution < -0.4 is 0 Å². The van der Waals surface area contributed by atoms with Crippen molar-refractivity contribution in [3.8, 4) is 0 Å².